The summed E-state index contributed by atoms with van der Waals surface area (Å²) in [5.41, 5.74) is 3.36. The number of fused-ring (bicyclic) bond motifs is 1. The molecule has 6 heteroatoms. The quantitative estimate of drug-likeness (QED) is 0.702. The summed E-state index contributed by atoms with van der Waals surface area (Å²) in [6, 6.07) is 12.7. The number of anilines is 1. The molecule has 1 atom stereocenters. The van der Waals surface area contributed by atoms with Crippen molar-refractivity contribution in [3.05, 3.63) is 59.7 Å². The lowest BCUT2D eigenvalue weighted by molar-refractivity contribution is 0.315. The zero-order valence-corrected chi connectivity index (χ0v) is 15.9. The van der Waals surface area contributed by atoms with Crippen molar-refractivity contribution in [2.75, 3.05) is 26.0 Å². The van der Waals surface area contributed by atoms with Crippen LogP contribution in [0.5, 0.6) is 0 Å². The molecule has 1 aliphatic heterocycles. The highest BCUT2D eigenvalue weighted by molar-refractivity contribution is 5.81. The molecule has 0 bridgehead atoms. The Balaban J connectivity index is 1.53. The van der Waals surface area contributed by atoms with Crippen molar-refractivity contribution in [3.63, 3.8) is 0 Å². The van der Waals surface area contributed by atoms with Gasteiger partial charge in [-0.15, -0.1) is 0 Å². The van der Waals surface area contributed by atoms with Crippen LogP contribution in [0.3, 0.4) is 0 Å². The van der Waals surface area contributed by atoms with Gasteiger partial charge in [-0.2, -0.15) is 0 Å². The number of rotatable bonds is 6. The molecular weight excluding hydrogens is 336 g/mol. The average Bonchev–Trinajstić information content (AvgIpc) is 3.23. The van der Waals surface area contributed by atoms with E-state index < -0.39 is 0 Å². The van der Waals surface area contributed by atoms with Crippen molar-refractivity contribution >= 4 is 16.7 Å². The van der Waals surface area contributed by atoms with Crippen LogP contribution in [-0.4, -0.2) is 40.5 Å². The molecule has 1 saturated heterocycles. The highest BCUT2D eigenvalue weighted by Gasteiger charge is 2.20. The van der Waals surface area contributed by atoms with E-state index >= 15 is 0 Å². The molecule has 0 aliphatic carbocycles. The maximum atomic E-state index is 4.84. The number of hydrogen-bond acceptors (Lipinski definition) is 6. The predicted octanol–water partition coefficient (Wildman–Crippen LogP) is 3.12. The SMILES string of the molecule is CNc1cc(CN(C)Cc2ccnc3ccccc23)nc([C@@H]2CCCN2)n1. The van der Waals surface area contributed by atoms with Crippen molar-refractivity contribution in [1.82, 2.24) is 25.2 Å². The van der Waals surface area contributed by atoms with E-state index in [1.54, 1.807) is 0 Å². The Morgan fingerprint density at radius 2 is 2.07 bits per heavy atom. The molecule has 0 amide bonds. The fourth-order valence-electron chi connectivity index (χ4n) is 3.70. The molecular formula is C21H26N6. The fraction of sp³-hybridized carbons (Fsp3) is 0.381. The second kappa shape index (κ2) is 7.98. The predicted molar refractivity (Wildman–Crippen MR) is 108 cm³/mol. The van der Waals surface area contributed by atoms with Crippen molar-refractivity contribution in [1.29, 1.82) is 0 Å². The summed E-state index contributed by atoms with van der Waals surface area (Å²) in [4.78, 5) is 16.2. The van der Waals surface area contributed by atoms with Crippen molar-refractivity contribution in [3.8, 4) is 0 Å². The molecule has 1 aromatic carbocycles. The van der Waals surface area contributed by atoms with Crippen LogP contribution in [0.4, 0.5) is 5.82 Å². The van der Waals surface area contributed by atoms with Gasteiger partial charge in [0.15, 0.2) is 0 Å². The maximum absolute atomic E-state index is 4.84. The summed E-state index contributed by atoms with van der Waals surface area (Å²) < 4.78 is 0. The first kappa shape index (κ1) is 17.8. The Labute approximate surface area is 160 Å². The summed E-state index contributed by atoms with van der Waals surface area (Å²) in [5, 5.41) is 7.87. The smallest absolute Gasteiger partial charge is 0.147 e. The minimum Gasteiger partial charge on any atom is -0.373 e. The highest BCUT2D eigenvalue weighted by Crippen LogP contribution is 2.22. The zero-order valence-electron chi connectivity index (χ0n) is 15.9. The van der Waals surface area contributed by atoms with Crippen molar-refractivity contribution < 1.29 is 0 Å². The normalized spacial score (nSPS) is 16.9. The molecule has 3 heterocycles. The van der Waals surface area contributed by atoms with Crippen LogP contribution < -0.4 is 10.6 Å². The molecule has 6 nitrogen and oxygen atoms in total. The van der Waals surface area contributed by atoms with E-state index in [1.165, 1.54) is 17.4 Å². The van der Waals surface area contributed by atoms with Crippen LogP contribution >= 0.6 is 0 Å². The first-order valence-corrected chi connectivity index (χ1v) is 9.53. The number of benzene rings is 1. The molecule has 27 heavy (non-hydrogen) atoms. The van der Waals surface area contributed by atoms with Crippen LogP contribution in [0.25, 0.3) is 10.9 Å². The van der Waals surface area contributed by atoms with E-state index in [2.05, 4.69) is 56.8 Å². The minimum atomic E-state index is 0.270. The average molecular weight is 362 g/mol. The van der Waals surface area contributed by atoms with Gasteiger partial charge in [0, 0.05) is 37.8 Å². The van der Waals surface area contributed by atoms with Gasteiger partial charge < -0.3 is 10.6 Å². The van der Waals surface area contributed by atoms with E-state index in [0.717, 1.165) is 48.9 Å². The summed E-state index contributed by atoms with van der Waals surface area (Å²) >= 11 is 0. The minimum absolute atomic E-state index is 0.270. The Morgan fingerprint density at radius 1 is 1.19 bits per heavy atom. The highest BCUT2D eigenvalue weighted by atomic mass is 15.1. The topological polar surface area (TPSA) is 66.0 Å². The van der Waals surface area contributed by atoms with Crippen LogP contribution in [0.15, 0.2) is 42.6 Å². The molecule has 1 aliphatic rings. The summed E-state index contributed by atoms with van der Waals surface area (Å²) in [5.74, 6) is 1.78. The second-order valence-corrected chi connectivity index (χ2v) is 7.16. The Bertz CT molecular complexity index is 914. The number of nitrogens with one attached hydrogen (secondary N) is 2. The molecule has 0 spiro atoms. The van der Waals surface area contributed by atoms with E-state index in [1.807, 2.05) is 25.4 Å². The molecule has 1 fully saturated rings. The van der Waals surface area contributed by atoms with Crippen molar-refractivity contribution in [2.45, 2.75) is 32.0 Å². The van der Waals surface area contributed by atoms with Crippen molar-refractivity contribution in [2.24, 2.45) is 0 Å². The molecule has 140 valence electrons. The largest absolute Gasteiger partial charge is 0.373 e. The lowest BCUT2D eigenvalue weighted by Crippen LogP contribution is -2.21. The van der Waals surface area contributed by atoms with Crippen LogP contribution in [-0.2, 0) is 13.1 Å². The third-order valence-corrected chi connectivity index (χ3v) is 5.04. The van der Waals surface area contributed by atoms with E-state index in [9.17, 15) is 0 Å². The third-order valence-electron chi connectivity index (χ3n) is 5.04. The molecule has 3 aromatic rings. The monoisotopic (exact) mass is 362 g/mol. The fourth-order valence-corrected chi connectivity index (χ4v) is 3.70. The van der Waals surface area contributed by atoms with Gasteiger partial charge in [0.2, 0.25) is 0 Å². The molecule has 4 rings (SSSR count). The number of para-hydroxylation sites is 1. The van der Waals surface area contributed by atoms with Gasteiger partial charge in [0.25, 0.3) is 0 Å². The zero-order chi connectivity index (χ0) is 18.6. The Kier molecular flexibility index (Phi) is 5.27. The van der Waals surface area contributed by atoms with Gasteiger partial charge in [0.1, 0.15) is 11.6 Å². The van der Waals surface area contributed by atoms with E-state index in [4.69, 9.17) is 4.98 Å². The van der Waals surface area contributed by atoms with Crippen LogP contribution in [0.1, 0.15) is 36.0 Å². The van der Waals surface area contributed by atoms with E-state index in [0.29, 0.717) is 0 Å². The molecule has 0 unspecified atom stereocenters. The van der Waals surface area contributed by atoms with Gasteiger partial charge in [0.05, 0.1) is 17.3 Å². The van der Waals surface area contributed by atoms with Crippen LogP contribution in [0.2, 0.25) is 0 Å². The number of aromatic nitrogens is 3. The Morgan fingerprint density at radius 3 is 2.89 bits per heavy atom. The maximum Gasteiger partial charge on any atom is 0.147 e. The standard InChI is InChI=1S/C21H26N6/c1-22-20-12-16(25-21(26-20)19-8-5-10-23-19)14-27(2)13-15-9-11-24-18-7-4-3-6-17(15)18/h3-4,6-7,9,11-12,19,23H,5,8,10,13-14H2,1-2H3,(H,22,25,26)/t19-/m0/s1. The number of hydrogen-bond donors (Lipinski definition) is 2. The molecule has 2 aromatic heterocycles. The molecule has 2 N–H and O–H groups in total. The first-order chi connectivity index (χ1) is 13.2. The van der Waals surface area contributed by atoms with E-state index in [-0.39, 0.29) is 6.04 Å². The molecule has 0 saturated carbocycles. The van der Waals surface area contributed by atoms with Gasteiger partial charge in [-0.3, -0.25) is 9.88 Å². The van der Waals surface area contributed by atoms with Gasteiger partial charge in [-0.25, -0.2) is 9.97 Å². The summed E-state index contributed by atoms with van der Waals surface area (Å²) in [6.07, 6.45) is 4.17. The summed E-state index contributed by atoms with van der Waals surface area (Å²) in [6.45, 7) is 2.66. The first-order valence-electron chi connectivity index (χ1n) is 9.53. The Hall–Kier alpha value is -2.57. The second-order valence-electron chi connectivity index (χ2n) is 7.16. The van der Waals surface area contributed by atoms with Gasteiger partial charge >= 0.3 is 0 Å². The lowest BCUT2D eigenvalue weighted by Gasteiger charge is -2.19. The molecule has 0 radical (unpaired) electrons. The lowest BCUT2D eigenvalue weighted by atomic mass is 10.1. The van der Waals surface area contributed by atoms with Crippen LogP contribution in [0, 0.1) is 0 Å². The number of pyridine rings is 1. The van der Waals surface area contributed by atoms with Gasteiger partial charge in [-0.05, 0) is 44.1 Å². The van der Waals surface area contributed by atoms with Gasteiger partial charge in [-0.1, -0.05) is 18.2 Å². The third kappa shape index (κ3) is 4.07. The summed E-state index contributed by atoms with van der Waals surface area (Å²) in [7, 11) is 4.04. The number of nitrogens with zero attached hydrogens (tertiary/aromatic N) is 4.